The van der Waals surface area contributed by atoms with Crippen molar-refractivity contribution in [2.24, 2.45) is 11.8 Å². The molecule has 1 aliphatic carbocycles. The van der Waals surface area contributed by atoms with Gasteiger partial charge in [-0.15, -0.1) is 0 Å². The van der Waals surface area contributed by atoms with Crippen molar-refractivity contribution in [3.8, 4) is 0 Å². The number of rotatable bonds is 6. The van der Waals surface area contributed by atoms with Crippen LogP contribution in [0.5, 0.6) is 0 Å². The Bertz CT molecular complexity index is 1020. The lowest BCUT2D eigenvalue weighted by Gasteiger charge is -2.49. The normalized spacial score (nSPS) is 22.7. The number of hydrogen-bond donors (Lipinski definition) is 1. The number of carbonyl (C=O) groups is 1. The minimum absolute atomic E-state index is 0.0456. The van der Waals surface area contributed by atoms with Gasteiger partial charge >= 0.3 is 0 Å². The summed E-state index contributed by atoms with van der Waals surface area (Å²) in [5.41, 5.74) is 3.20. The predicted molar refractivity (Wildman–Crippen MR) is 124 cm³/mol. The van der Waals surface area contributed by atoms with Crippen LogP contribution in [0.3, 0.4) is 0 Å². The highest BCUT2D eigenvalue weighted by molar-refractivity contribution is 6.30. The van der Waals surface area contributed by atoms with E-state index in [1.165, 1.54) is 18.4 Å². The number of halogens is 1. The van der Waals surface area contributed by atoms with E-state index in [0.29, 0.717) is 12.3 Å². The molecule has 1 saturated carbocycles. The van der Waals surface area contributed by atoms with Crippen LogP contribution in [0.1, 0.15) is 24.0 Å². The Balaban J connectivity index is 1.39. The van der Waals surface area contributed by atoms with E-state index in [4.69, 9.17) is 11.6 Å². The number of nitro groups is 1. The van der Waals surface area contributed by atoms with Crippen molar-refractivity contribution in [1.82, 2.24) is 10.2 Å². The largest absolute Gasteiger partial charge is 0.365 e. The highest BCUT2D eigenvalue weighted by Gasteiger charge is 2.42. The molecule has 2 aromatic carbocycles. The molecule has 2 atom stereocenters. The quantitative estimate of drug-likeness (QED) is 0.532. The lowest BCUT2D eigenvalue weighted by molar-refractivity contribution is -0.384. The topological polar surface area (TPSA) is 78.7 Å². The molecule has 3 aliphatic rings. The molecule has 8 heteroatoms. The fourth-order valence-electron chi connectivity index (χ4n) is 4.97. The molecule has 2 aromatic rings. The van der Waals surface area contributed by atoms with Gasteiger partial charge in [-0.1, -0.05) is 23.7 Å². The highest BCUT2D eigenvalue weighted by atomic mass is 35.5. The van der Waals surface area contributed by atoms with E-state index in [-0.39, 0.29) is 28.5 Å². The molecule has 2 heterocycles. The summed E-state index contributed by atoms with van der Waals surface area (Å²) in [5, 5.41) is 15.2. The Labute approximate surface area is 192 Å². The van der Waals surface area contributed by atoms with Crippen LogP contribution in [-0.2, 0) is 17.8 Å². The van der Waals surface area contributed by atoms with Gasteiger partial charge in [-0.2, -0.15) is 0 Å². The van der Waals surface area contributed by atoms with Gasteiger partial charge in [0.15, 0.2) is 0 Å². The Morgan fingerprint density at radius 1 is 1.16 bits per heavy atom. The number of benzene rings is 2. The molecule has 7 nitrogen and oxygen atoms in total. The average Bonchev–Trinajstić information content (AvgIpc) is 3.62. The summed E-state index contributed by atoms with van der Waals surface area (Å²) in [6.45, 7) is 3.98. The second kappa shape index (κ2) is 8.71. The van der Waals surface area contributed by atoms with E-state index in [9.17, 15) is 14.9 Å². The van der Waals surface area contributed by atoms with E-state index in [1.54, 1.807) is 12.1 Å². The van der Waals surface area contributed by atoms with Gasteiger partial charge in [0.05, 0.1) is 16.9 Å². The van der Waals surface area contributed by atoms with Gasteiger partial charge in [-0.05, 0) is 54.5 Å². The molecule has 0 unspecified atom stereocenters. The monoisotopic (exact) mass is 454 g/mol. The summed E-state index contributed by atoms with van der Waals surface area (Å²) in [7, 11) is 0. The van der Waals surface area contributed by atoms with Crippen LogP contribution >= 0.6 is 11.6 Å². The number of amides is 1. The van der Waals surface area contributed by atoms with Gasteiger partial charge in [-0.25, -0.2) is 0 Å². The molecule has 1 saturated heterocycles. The van der Waals surface area contributed by atoms with E-state index in [1.807, 2.05) is 30.3 Å². The molecule has 0 bridgehead atoms. The molecule has 5 rings (SSSR count). The smallest absolute Gasteiger partial charge is 0.269 e. The molecule has 0 spiro atoms. The first-order valence-corrected chi connectivity index (χ1v) is 11.6. The maximum Gasteiger partial charge on any atom is 0.269 e. The van der Waals surface area contributed by atoms with Crippen LogP contribution in [0.25, 0.3) is 0 Å². The molecule has 1 N–H and O–H groups in total. The zero-order valence-electron chi connectivity index (χ0n) is 17.9. The molecule has 0 aromatic heterocycles. The molecule has 2 fully saturated rings. The zero-order valence-corrected chi connectivity index (χ0v) is 18.6. The number of non-ortho nitro benzene ring substituents is 1. The van der Waals surface area contributed by atoms with Gasteiger partial charge in [0.1, 0.15) is 0 Å². The fraction of sp³-hybridized carbons (Fsp3) is 0.458. The van der Waals surface area contributed by atoms with Gasteiger partial charge in [0.25, 0.3) is 5.69 Å². The number of fused-ring (bicyclic) bond motifs is 3. The first-order chi connectivity index (χ1) is 15.5. The molecular weight excluding hydrogens is 428 g/mol. The van der Waals surface area contributed by atoms with Crippen LogP contribution in [0.4, 0.5) is 11.4 Å². The predicted octanol–water partition coefficient (Wildman–Crippen LogP) is 3.64. The fourth-order valence-corrected chi connectivity index (χ4v) is 5.10. The maximum absolute atomic E-state index is 13.2. The number of nitro benzene ring substituents is 1. The molecule has 168 valence electrons. The van der Waals surface area contributed by atoms with Crippen LogP contribution in [0, 0.1) is 22.0 Å². The number of piperazine rings is 1. The van der Waals surface area contributed by atoms with E-state index in [2.05, 4.69) is 15.1 Å². The minimum atomic E-state index is -0.363. The lowest BCUT2D eigenvalue weighted by Crippen LogP contribution is -2.61. The first kappa shape index (κ1) is 21.2. The Hall–Kier alpha value is -2.64. The third-order valence-electron chi connectivity index (χ3n) is 6.91. The standard InChI is InChI=1S/C24H27ClN4O3/c25-19-5-3-17(4-6-19)14-27-9-10-28-22-8-7-20(29(31)32)11-18(22)12-21(23(28)15-27)24(30)26-13-16-1-2-16/h3-8,11,16,21,23H,1-2,9-10,12-15H2,(H,26,30)/t21-,23+/m0/s1. The van der Waals surface area contributed by atoms with Crippen molar-refractivity contribution < 1.29 is 9.72 Å². The van der Waals surface area contributed by atoms with E-state index in [0.717, 1.165) is 49.0 Å². The number of nitrogens with zero attached hydrogens (tertiary/aromatic N) is 3. The number of hydrogen-bond acceptors (Lipinski definition) is 5. The summed E-state index contributed by atoms with van der Waals surface area (Å²) >= 11 is 6.03. The second-order valence-corrected chi connectivity index (χ2v) is 9.63. The van der Waals surface area contributed by atoms with Crippen molar-refractivity contribution in [3.63, 3.8) is 0 Å². The van der Waals surface area contributed by atoms with Crippen LogP contribution in [-0.4, -0.2) is 48.0 Å². The summed E-state index contributed by atoms with van der Waals surface area (Å²) in [6, 6.07) is 13.0. The minimum Gasteiger partial charge on any atom is -0.365 e. The van der Waals surface area contributed by atoms with E-state index >= 15 is 0 Å². The Morgan fingerprint density at radius 2 is 1.94 bits per heavy atom. The van der Waals surface area contributed by atoms with Gasteiger partial charge in [0.2, 0.25) is 5.91 Å². The van der Waals surface area contributed by atoms with Crippen molar-refractivity contribution >= 4 is 28.9 Å². The molecule has 32 heavy (non-hydrogen) atoms. The van der Waals surface area contributed by atoms with Crippen molar-refractivity contribution in [3.05, 3.63) is 68.7 Å². The summed E-state index contributed by atoms with van der Waals surface area (Å²) < 4.78 is 0. The van der Waals surface area contributed by atoms with Crippen molar-refractivity contribution in [2.45, 2.75) is 31.8 Å². The SMILES string of the molecule is O=C(NCC1CC1)[C@H]1Cc2cc([N+](=O)[O-])ccc2N2CCN(Cc3ccc(Cl)cc3)C[C@H]12. The molecule has 0 radical (unpaired) electrons. The number of carbonyl (C=O) groups excluding carboxylic acids is 1. The van der Waals surface area contributed by atoms with Gasteiger partial charge in [-0.3, -0.25) is 19.8 Å². The third-order valence-corrected chi connectivity index (χ3v) is 7.16. The number of anilines is 1. The van der Waals surface area contributed by atoms with Crippen LogP contribution < -0.4 is 10.2 Å². The first-order valence-electron chi connectivity index (χ1n) is 11.3. The molecule has 2 aliphatic heterocycles. The Kier molecular flexibility index (Phi) is 5.78. The molecule has 1 amide bonds. The zero-order chi connectivity index (χ0) is 22.2. The second-order valence-electron chi connectivity index (χ2n) is 9.19. The van der Waals surface area contributed by atoms with Gasteiger partial charge < -0.3 is 10.2 Å². The van der Waals surface area contributed by atoms with E-state index < -0.39 is 0 Å². The van der Waals surface area contributed by atoms with Crippen LogP contribution in [0.2, 0.25) is 5.02 Å². The molecular formula is C24H27ClN4O3. The number of nitrogens with one attached hydrogen (secondary N) is 1. The summed E-state index contributed by atoms with van der Waals surface area (Å²) in [5.74, 6) is 0.452. The lowest BCUT2D eigenvalue weighted by atomic mass is 9.83. The third kappa shape index (κ3) is 4.45. The Morgan fingerprint density at radius 3 is 2.66 bits per heavy atom. The van der Waals surface area contributed by atoms with Crippen molar-refractivity contribution in [1.29, 1.82) is 0 Å². The summed E-state index contributed by atoms with van der Waals surface area (Å²) in [4.78, 5) is 28.8. The highest BCUT2D eigenvalue weighted by Crippen LogP contribution is 2.38. The van der Waals surface area contributed by atoms with Crippen molar-refractivity contribution in [2.75, 3.05) is 31.1 Å². The average molecular weight is 455 g/mol. The summed E-state index contributed by atoms with van der Waals surface area (Å²) in [6.07, 6.45) is 2.90. The van der Waals surface area contributed by atoms with Gasteiger partial charge in [0, 0.05) is 55.6 Å². The maximum atomic E-state index is 13.2. The van der Waals surface area contributed by atoms with Crippen LogP contribution in [0.15, 0.2) is 42.5 Å².